The minimum atomic E-state index is -4.09. The first-order chi connectivity index (χ1) is 16.3. The molecule has 0 N–H and O–H groups in total. The SMILES string of the molecule is CC(=O)O[C@]12C[C@H](C)[C@H](OS(=O)(=O)c3ccccc3)[C@@H]1/C=C(\C)CC[C@H]1[C@@H](/C=C(\C)C2=O)C1(C)C. The molecule has 3 aliphatic carbocycles. The molecule has 7 heteroatoms. The normalized spacial score (nSPS) is 37.5. The molecule has 3 aliphatic rings. The summed E-state index contributed by atoms with van der Waals surface area (Å²) in [7, 11) is -4.09. The molecule has 0 aromatic heterocycles. The molecule has 0 aliphatic heterocycles. The molecule has 1 aromatic rings. The molecule has 6 atom stereocenters. The number of fused-ring (bicyclic) bond motifs is 2. The van der Waals surface area contributed by atoms with E-state index in [-0.39, 0.29) is 34.4 Å². The van der Waals surface area contributed by atoms with Gasteiger partial charge < -0.3 is 4.74 Å². The Kier molecular flexibility index (Phi) is 6.64. The second-order valence-electron chi connectivity index (χ2n) is 11.2. The van der Waals surface area contributed by atoms with Crippen LogP contribution in [-0.2, 0) is 28.6 Å². The molecule has 6 nitrogen and oxygen atoms in total. The van der Waals surface area contributed by atoms with Crippen LogP contribution < -0.4 is 0 Å². The van der Waals surface area contributed by atoms with Crippen molar-refractivity contribution in [3.8, 4) is 0 Å². The van der Waals surface area contributed by atoms with Crippen LogP contribution in [0.3, 0.4) is 0 Å². The van der Waals surface area contributed by atoms with E-state index in [1.807, 2.05) is 26.0 Å². The monoisotopic (exact) mass is 500 g/mol. The van der Waals surface area contributed by atoms with Gasteiger partial charge in [0.1, 0.15) is 0 Å². The van der Waals surface area contributed by atoms with E-state index >= 15 is 0 Å². The topological polar surface area (TPSA) is 86.7 Å². The Balaban J connectivity index is 1.81. The van der Waals surface area contributed by atoms with Gasteiger partial charge in [-0.25, -0.2) is 0 Å². The number of ketones is 1. The minimum absolute atomic E-state index is 0.0549. The van der Waals surface area contributed by atoms with E-state index in [1.54, 1.807) is 25.1 Å². The van der Waals surface area contributed by atoms with Gasteiger partial charge in [-0.3, -0.25) is 13.8 Å². The summed E-state index contributed by atoms with van der Waals surface area (Å²) in [5, 5.41) is 0. The Morgan fingerprint density at radius 3 is 2.34 bits per heavy atom. The van der Waals surface area contributed by atoms with Gasteiger partial charge in [0.2, 0.25) is 5.78 Å². The van der Waals surface area contributed by atoms with Crippen LogP contribution in [0, 0.1) is 29.1 Å². The molecule has 190 valence electrons. The fourth-order valence-electron chi connectivity index (χ4n) is 6.30. The quantitative estimate of drug-likeness (QED) is 0.319. The van der Waals surface area contributed by atoms with Crippen LogP contribution >= 0.6 is 0 Å². The van der Waals surface area contributed by atoms with Gasteiger partial charge in [-0.05, 0) is 67.6 Å². The van der Waals surface area contributed by atoms with Crippen molar-refractivity contribution in [2.24, 2.45) is 29.1 Å². The summed E-state index contributed by atoms with van der Waals surface area (Å²) in [5.74, 6) is -1.14. The molecule has 0 unspecified atom stereocenters. The van der Waals surface area contributed by atoms with Gasteiger partial charge in [0.25, 0.3) is 10.1 Å². The summed E-state index contributed by atoms with van der Waals surface area (Å²) in [6.45, 7) is 11.4. The highest BCUT2D eigenvalue weighted by atomic mass is 32.2. The Morgan fingerprint density at radius 2 is 1.71 bits per heavy atom. The average molecular weight is 501 g/mol. The van der Waals surface area contributed by atoms with Crippen LogP contribution in [0.1, 0.15) is 60.8 Å². The molecule has 0 bridgehead atoms. The molecule has 2 fully saturated rings. The van der Waals surface area contributed by atoms with E-state index in [4.69, 9.17) is 8.92 Å². The number of benzene rings is 1. The van der Waals surface area contributed by atoms with E-state index in [0.29, 0.717) is 11.5 Å². The number of rotatable bonds is 4. The van der Waals surface area contributed by atoms with Crippen LogP contribution in [0.15, 0.2) is 58.5 Å². The second-order valence-corrected chi connectivity index (χ2v) is 12.8. The van der Waals surface area contributed by atoms with E-state index in [9.17, 15) is 18.0 Å². The fraction of sp³-hybridized carbons (Fsp3) is 0.571. The maximum Gasteiger partial charge on any atom is 0.303 e. The molecule has 0 spiro atoms. The first-order valence-corrected chi connectivity index (χ1v) is 13.8. The summed E-state index contributed by atoms with van der Waals surface area (Å²) in [5.41, 5.74) is 0.208. The highest BCUT2D eigenvalue weighted by molar-refractivity contribution is 7.86. The Labute approximate surface area is 208 Å². The van der Waals surface area contributed by atoms with Crippen LogP contribution in [0.4, 0.5) is 0 Å². The molecule has 0 amide bonds. The van der Waals surface area contributed by atoms with Crippen LogP contribution in [0.5, 0.6) is 0 Å². The first-order valence-electron chi connectivity index (χ1n) is 12.4. The second kappa shape index (κ2) is 9.00. The number of carbonyl (C=O) groups excluding carboxylic acids is 2. The summed E-state index contributed by atoms with van der Waals surface area (Å²) >= 11 is 0. The maximum absolute atomic E-state index is 14.0. The molecule has 0 saturated heterocycles. The largest absolute Gasteiger partial charge is 0.450 e. The van der Waals surface area contributed by atoms with Gasteiger partial charge in [0.05, 0.1) is 16.9 Å². The number of hydrogen-bond acceptors (Lipinski definition) is 6. The summed E-state index contributed by atoms with van der Waals surface area (Å²) in [6.07, 6.45) is 5.11. The van der Waals surface area contributed by atoms with Crippen LogP contribution in [0.25, 0.3) is 0 Å². The van der Waals surface area contributed by atoms with E-state index in [0.717, 1.165) is 18.4 Å². The Hall–Kier alpha value is -2.25. The maximum atomic E-state index is 14.0. The van der Waals surface area contributed by atoms with E-state index in [2.05, 4.69) is 13.8 Å². The predicted molar refractivity (Wildman–Crippen MR) is 133 cm³/mol. The van der Waals surface area contributed by atoms with Crippen molar-refractivity contribution in [1.29, 1.82) is 0 Å². The van der Waals surface area contributed by atoms with Gasteiger partial charge in [-0.15, -0.1) is 0 Å². The molecule has 0 radical (unpaired) electrons. The number of hydrogen-bond donors (Lipinski definition) is 0. The standard InChI is InChI=1S/C28H36O6S/c1-17-12-13-22-23(27(22,5)6)15-18(2)26(30)28(33-20(4)29)16-19(3)25(24(28)14-17)34-35(31,32)21-10-8-7-9-11-21/h7-11,14-15,19,22-25H,12-13,16H2,1-6H3/b17-14+,18-15+/t19-,22-,23+,24-,25-,28+/m0/s1. The van der Waals surface area contributed by atoms with Gasteiger partial charge >= 0.3 is 5.97 Å². The smallest absolute Gasteiger partial charge is 0.303 e. The molecule has 1 aromatic carbocycles. The third-order valence-corrected chi connectivity index (χ3v) is 9.62. The lowest BCUT2D eigenvalue weighted by molar-refractivity contribution is -0.167. The Bertz CT molecular complexity index is 1180. The fourth-order valence-corrected chi connectivity index (χ4v) is 7.50. The summed E-state index contributed by atoms with van der Waals surface area (Å²) < 4.78 is 38.0. The van der Waals surface area contributed by atoms with Crippen molar-refractivity contribution in [3.63, 3.8) is 0 Å². The van der Waals surface area contributed by atoms with Gasteiger partial charge in [-0.2, -0.15) is 8.42 Å². The number of Topliss-reactive ketones (excluding diaryl/α,β-unsaturated/α-hetero) is 1. The summed E-state index contributed by atoms with van der Waals surface area (Å²) in [4.78, 5) is 26.4. The number of ether oxygens (including phenoxy) is 1. The highest BCUT2D eigenvalue weighted by Gasteiger charge is 2.61. The van der Waals surface area contributed by atoms with Gasteiger partial charge in [0.15, 0.2) is 5.60 Å². The zero-order valence-electron chi connectivity index (χ0n) is 21.4. The van der Waals surface area contributed by atoms with Crippen molar-refractivity contribution < 1.29 is 26.9 Å². The van der Waals surface area contributed by atoms with E-state index < -0.39 is 33.7 Å². The third-order valence-electron chi connectivity index (χ3n) is 8.30. The average Bonchev–Trinajstić information content (AvgIpc) is 3.20. The predicted octanol–water partition coefficient (Wildman–Crippen LogP) is 5.25. The lowest BCUT2D eigenvalue weighted by atomic mass is 9.81. The van der Waals surface area contributed by atoms with Crippen molar-refractivity contribution >= 4 is 21.9 Å². The molecular formula is C28H36O6S. The third kappa shape index (κ3) is 4.65. The van der Waals surface area contributed by atoms with Crippen LogP contribution in [-0.4, -0.2) is 31.9 Å². The zero-order chi connectivity index (χ0) is 25.8. The molecule has 2 saturated carbocycles. The van der Waals surface area contributed by atoms with Crippen molar-refractivity contribution in [2.45, 2.75) is 77.4 Å². The lowest BCUT2D eigenvalue weighted by Crippen LogP contribution is -2.48. The van der Waals surface area contributed by atoms with Crippen molar-refractivity contribution in [2.75, 3.05) is 0 Å². The molecular weight excluding hydrogens is 464 g/mol. The van der Waals surface area contributed by atoms with Crippen LogP contribution in [0.2, 0.25) is 0 Å². The minimum Gasteiger partial charge on any atom is -0.450 e. The first kappa shape index (κ1) is 25.8. The number of esters is 1. The Morgan fingerprint density at radius 1 is 1.06 bits per heavy atom. The van der Waals surface area contributed by atoms with Crippen molar-refractivity contribution in [1.82, 2.24) is 0 Å². The number of allylic oxidation sites excluding steroid dienone is 2. The van der Waals surface area contributed by atoms with Gasteiger partial charge in [0, 0.05) is 13.3 Å². The van der Waals surface area contributed by atoms with E-state index in [1.165, 1.54) is 19.1 Å². The summed E-state index contributed by atoms with van der Waals surface area (Å²) in [6, 6.07) is 7.98. The highest BCUT2D eigenvalue weighted by Crippen LogP contribution is 2.62. The van der Waals surface area contributed by atoms with Gasteiger partial charge in [-0.1, -0.05) is 56.7 Å². The van der Waals surface area contributed by atoms with Crippen molar-refractivity contribution in [3.05, 3.63) is 53.6 Å². The number of carbonyl (C=O) groups is 2. The molecule has 35 heavy (non-hydrogen) atoms. The zero-order valence-corrected chi connectivity index (χ0v) is 22.2. The molecule has 4 rings (SSSR count). The molecule has 0 heterocycles. The lowest BCUT2D eigenvalue weighted by Gasteiger charge is -2.34.